The minimum atomic E-state index is -0.243. The highest BCUT2D eigenvalue weighted by Gasteiger charge is 2.25. The molecule has 1 fully saturated rings. The molecule has 0 unspecified atom stereocenters. The normalized spacial score (nSPS) is 15.0. The van der Waals surface area contributed by atoms with Crippen LogP contribution in [0.1, 0.15) is 14.8 Å². The Kier molecular flexibility index (Phi) is 5.28. The van der Waals surface area contributed by atoms with Crippen LogP contribution in [0.3, 0.4) is 0 Å². The zero-order valence-corrected chi connectivity index (χ0v) is 17.8. The van der Waals surface area contributed by atoms with Gasteiger partial charge in [0.2, 0.25) is 0 Å². The number of benzene rings is 2. The summed E-state index contributed by atoms with van der Waals surface area (Å²) >= 11 is 3.07. The van der Waals surface area contributed by atoms with Gasteiger partial charge >= 0.3 is 0 Å². The summed E-state index contributed by atoms with van der Waals surface area (Å²) in [4.78, 5) is 26.2. The van der Waals surface area contributed by atoms with E-state index in [1.807, 2.05) is 34.5 Å². The number of carbonyl (C=O) groups is 1. The number of rotatable bonds is 4. The maximum Gasteiger partial charge on any atom is 0.282 e. The average Bonchev–Trinajstić information content (AvgIpc) is 3.41. The Balaban J connectivity index is 1.19. The molecule has 4 aromatic rings. The van der Waals surface area contributed by atoms with Crippen LogP contribution in [0.2, 0.25) is 0 Å². The highest BCUT2D eigenvalue weighted by Crippen LogP contribution is 2.25. The minimum absolute atomic E-state index is 0.0173. The molecule has 3 heterocycles. The first-order valence-corrected chi connectivity index (χ1v) is 11.4. The maximum atomic E-state index is 13.1. The van der Waals surface area contributed by atoms with E-state index in [0.717, 1.165) is 46.1 Å². The number of thiazole rings is 2. The quantitative estimate of drug-likeness (QED) is 0.470. The number of nitrogens with zero attached hydrogens (tertiary/aromatic N) is 4. The number of carbonyl (C=O) groups excluding carboxylic acids is 1. The van der Waals surface area contributed by atoms with Gasteiger partial charge in [-0.2, -0.15) is 0 Å². The van der Waals surface area contributed by atoms with Crippen LogP contribution in [0.15, 0.2) is 53.9 Å². The van der Waals surface area contributed by atoms with Crippen molar-refractivity contribution in [2.75, 3.05) is 26.2 Å². The molecule has 2 aromatic heterocycles. The SMILES string of the molecule is O=C(c1nc2ccccc2s1)N1CCN(Cc2nc(-c3ccc(F)cc3)cs2)CC1. The molecule has 0 N–H and O–H groups in total. The first kappa shape index (κ1) is 19.3. The molecule has 0 aliphatic carbocycles. The van der Waals surface area contributed by atoms with Gasteiger partial charge in [0, 0.05) is 37.1 Å². The molecule has 1 amide bonds. The van der Waals surface area contributed by atoms with Crippen molar-refractivity contribution in [3.63, 3.8) is 0 Å². The molecule has 8 heteroatoms. The van der Waals surface area contributed by atoms with E-state index in [4.69, 9.17) is 4.98 Å². The fraction of sp³-hybridized carbons (Fsp3) is 0.227. The van der Waals surface area contributed by atoms with Gasteiger partial charge in [-0.05, 0) is 36.4 Å². The zero-order chi connectivity index (χ0) is 20.5. The summed E-state index contributed by atoms with van der Waals surface area (Å²) in [6.45, 7) is 3.75. The summed E-state index contributed by atoms with van der Waals surface area (Å²) < 4.78 is 14.2. The van der Waals surface area contributed by atoms with Gasteiger partial charge in [-0.1, -0.05) is 12.1 Å². The molecule has 0 bridgehead atoms. The van der Waals surface area contributed by atoms with Gasteiger partial charge in [0.05, 0.1) is 22.5 Å². The zero-order valence-electron chi connectivity index (χ0n) is 16.1. The lowest BCUT2D eigenvalue weighted by Gasteiger charge is -2.33. The Morgan fingerprint density at radius 3 is 2.53 bits per heavy atom. The first-order valence-electron chi connectivity index (χ1n) is 9.73. The predicted octanol–water partition coefficient (Wildman–Crippen LogP) is 4.52. The third-order valence-electron chi connectivity index (χ3n) is 5.19. The monoisotopic (exact) mass is 438 g/mol. The third-order valence-corrected chi connectivity index (χ3v) is 7.04. The molecule has 0 spiro atoms. The van der Waals surface area contributed by atoms with Gasteiger partial charge in [0.25, 0.3) is 5.91 Å². The fourth-order valence-corrected chi connectivity index (χ4v) is 5.31. The van der Waals surface area contributed by atoms with Crippen molar-refractivity contribution < 1.29 is 9.18 Å². The molecular formula is C22H19FN4OS2. The Bertz CT molecular complexity index is 1150. The number of amides is 1. The van der Waals surface area contributed by atoms with Crippen LogP contribution in [0.5, 0.6) is 0 Å². The highest BCUT2D eigenvalue weighted by molar-refractivity contribution is 7.20. The van der Waals surface area contributed by atoms with Crippen molar-refractivity contribution in [3.05, 3.63) is 69.7 Å². The van der Waals surface area contributed by atoms with Crippen LogP contribution >= 0.6 is 22.7 Å². The molecule has 0 radical (unpaired) electrons. The molecule has 1 saturated heterocycles. The van der Waals surface area contributed by atoms with E-state index in [9.17, 15) is 9.18 Å². The lowest BCUT2D eigenvalue weighted by Crippen LogP contribution is -2.48. The van der Waals surface area contributed by atoms with Crippen LogP contribution in [-0.2, 0) is 6.54 Å². The summed E-state index contributed by atoms with van der Waals surface area (Å²) in [6.07, 6.45) is 0. The lowest BCUT2D eigenvalue weighted by molar-refractivity contribution is 0.0628. The number of piperazine rings is 1. The lowest BCUT2D eigenvalue weighted by atomic mass is 10.2. The van der Waals surface area contributed by atoms with Gasteiger partial charge in [0.15, 0.2) is 5.01 Å². The number of halogens is 1. The molecule has 1 aliphatic heterocycles. The first-order chi connectivity index (χ1) is 14.7. The third kappa shape index (κ3) is 3.98. The summed E-state index contributed by atoms with van der Waals surface area (Å²) in [6, 6.07) is 14.3. The van der Waals surface area contributed by atoms with E-state index in [0.29, 0.717) is 18.1 Å². The molecule has 0 saturated carbocycles. The van der Waals surface area contributed by atoms with Gasteiger partial charge in [0.1, 0.15) is 10.8 Å². The van der Waals surface area contributed by atoms with Crippen LogP contribution in [0, 0.1) is 5.82 Å². The number of aromatic nitrogens is 2. The second-order valence-corrected chi connectivity index (χ2v) is 9.16. The molecule has 5 nitrogen and oxygen atoms in total. The van der Waals surface area contributed by atoms with Crippen molar-refractivity contribution in [1.29, 1.82) is 0 Å². The van der Waals surface area contributed by atoms with Gasteiger partial charge in [-0.15, -0.1) is 22.7 Å². The van der Waals surface area contributed by atoms with Crippen molar-refractivity contribution in [2.24, 2.45) is 0 Å². The van der Waals surface area contributed by atoms with E-state index >= 15 is 0 Å². The van der Waals surface area contributed by atoms with E-state index < -0.39 is 0 Å². The van der Waals surface area contributed by atoms with Crippen molar-refractivity contribution in [3.8, 4) is 11.3 Å². The number of fused-ring (bicyclic) bond motifs is 1. The summed E-state index contributed by atoms with van der Waals surface area (Å²) in [7, 11) is 0. The topological polar surface area (TPSA) is 49.3 Å². The fourth-order valence-electron chi connectivity index (χ4n) is 3.54. The van der Waals surface area contributed by atoms with E-state index in [-0.39, 0.29) is 11.7 Å². The Labute approximate surface area is 181 Å². The minimum Gasteiger partial charge on any atom is -0.334 e. The standard InChI is InChI=1S/C22H19FN4OS2/c23-16-7-5-15(6-8-16)18-14-29-20(24-18)13-26-9-11-27(12-10-26)22(28)21-25-17-3-1-2-4-19(17)30-21/h1-8,14H,9-13H2. The van der Waals surface area contributed by atoms with Gasteiger partial charge in [-0.3, -0.25) is 9.69 Å². The summed E-state index contributed by atoms with van der Waals surface area (Å²) in [5.41, 5.74) is 2.68. The summed E-state index contributed by atoms with van der Waals surface area (Å²) in [5, 5.41) is 3.60. The Morgan fingerprint density at radius 2 is 1.77 bits per heavy atom. The molecule has 1 aliphatic rings. The van der Waals surface area contributed by atoms with Crippen LogP contribution < -0.4 is 0 Å². The number of hydrogen-bond acceptors (Lipinski definition) is 6. The van der Waals surface area contributed by atoms with Crippen LogP contribution in [-0.4, -0.2) is 51.9 Å². The van der Waals surface area contributed by atoms with Gasteiger partial charge < -0.3 is 4.90 Å². The predicted molar refractivity (Wildman–Crippen MR) is 118 cm³/mol. The molecule has 2 aromatic carbocycles. The Hall–Kier alpha value is -2.68. The van der Waals surface area contributed by atoms with E-state index in [1.54, 1.807) is 23.5 Å². The second-order valence-electron chi connectivity index (χ2n) is 7.19. The molecule has 5 rings (SSSR count). The molecule has 30 heavy (non-hydrogen) atoms. The van der Waals surface area contributed by atoms with Crippen LogP contribution in [0.4, 0.5) is 4.39 Å². The molecule has 0 atom stereocenters. The smallest absolute Gasteiger partial charge is 0.282 e. The Morgan fingerprint density at radius 1 is 1.00 bits per heavy atom. The van der Waals surface area contributed by atoms with Crippen molar-refractivity contribution >= 4 is 38.8 Å². The highest BCUT2D eigenvalue weighted by atomic mass is 32.1. The van der Waals surface area contributed by atoms with Crippen molar-refractivity contribution in [2.45, 2.75) is 6.54 Å². The summed E-state index contributed by atoms with van der Waals surface area (Å²) in [5.74, 6) is -0.226. The van der Waals surface area contributed by atoms with E-state index in [1.165, 1.54) is 23.5 Å². The molecule has 152 valence electrons. The van der Waals surface area contributed by atoms with Crippen LogP contribution in [0.25, 0.3) is 21.5 Å². The van der Waals surface area contributed by atoms with Crippen molar-refractivity contribution in [1.82, 2.24) is 19.8 Å². The largest absolute Gasteiger partial charge is 0.334 e. The van der Waals surface area contributed by atoms with Gasteiger partial charge in [-0.25, -0.2) is 14.4 Å². The maximum absolute atomic E-state index is 13.1. The number of hydrogen-bond donors (Lipinski definition) is 0. The second kappa shape index (κ2) is 8.22. The molecular weight excluding hydrogens is 419 g/mol. The number of para-hydroxylation sites is 1. The van der Waals surface area contributed by atoms with E-state index in [2.05, 4.69) is 9.88 Å². The average molecular weight is 439 g/mol.